The van der Waals surface area contributed by atoms with Gasteiger partial charge in [0.05, 0.1) is 6.54 Å². The van der Waals surface area contributed by atoms with Crippen LogP contribution in [0, 0.1) is 0 Å². The zero-order valence-electron chi connectivity index (χ0n) is 13.4. The van der Waals surface area contributed by atoms with Gasteiger partial charge in [0.2, 0.25) is 5.79 Å². The fourth-order valence-corrected chi connectivity index (χ4v) is 2.57. The summed E-state index contributed by atoms with van der Waals surface area (Å²) < 4.78 is 7.28. The van der Waals surface area contributed by atoms with Gasteiger partial charge in [-0.25, -0.2) is 0 Å². The van der Waals surface area contributed by atoms with Crippen LogP contribution in [-0.4, -0.2) is 51.3 Å². The second-order valence-corrected chi connectivity index (χ2v) is 5.86. The van der Waals surface area contributed by atoms with Gasteiger partial charge in [0, 0.05) is 18.8 Å². The lowest BCUT2D eigenvalue weighted by Gasteiger charge is -2.37. The number of aliphatic hydroxyl groups is 2. The molecule has 0 spiro atoms. The van der Waals surface area contributed by atoms with E-state index in [1.807, 2.05) is 20.2 Å². The first-order chi connectivity index (χ1) is 10.2. The predicted octanol–water partition coefficient (Wildman–Crippen LogP) is 0.900. The Kier molecular flexibility index (Phi) is 4.67. The fourth-order valence-electron chi connectivity index (χ4n) is 2.57. The molecule has 22 heavy (non-hydrogen) atoms. The minimum absolute atomic E-state index is 0.236. The van der Waals surface area contributed by atoms with Gasteiger partial charge in [-0.3, -0.25) is 4.68 Å². The van der Waals surface area contributed by atoms with E-state index in [-0.39, 0.29) is 6.54 Å². The molecule has 2 atom stereocenters. The zero-order chi connectivity index (χ0) is 16.4. The second kappa shape index (κ2) is 6.18. The van der Waals surface area contributed by atoms with Crippen LogP contribution in [0.25, 0.3) is 0 Å². The van der Waals surface area contributed by atoms with Crippen LogP contribution in [0.4, 0.5) is 0 Å². The van der Waals surface area contributed by atoms with E-state index in [9.17, 15) is 10.2 Å². The van der Waals surface area contributed by atoms with Crippen LogP contribution in [0.15, 0.2) is 42.6 Å². The number of aryl methyl sites for hydroxylation is 1. The molecule has 0 radical (unpaired) electrons. The molecular formula is C16H23N3O3. The Morgan fingerprint density at radius 2 is 1.82 bits per heavy atom. The van der Waals surface area contributed by atoms with Crippen LogP contribution in [0.5, 0.6) is 0 Å². The third kappa shape index (κ3) is 3.53. The minimum Gasteiger partial charge on any atom is -0.364 e. The van der Waals surface area contributed by atoms with E-state index in [0.29, 0.717) is 11.3 Å². The molecule has 6 nitrogen and oxygen atoms in total. The quantitative estimate of drug-likeness (QED) is 0.776. The van der Waals surface area contributed by atoms with Crippen molar-refractivity contribution in [1.82, 2.24) is 14.7 Å². The Morgan fingerprint density at radius 3 is 2.32 bits per heavy atom. The molecule has 0 bridgehead atoms. The SMILES string of the molecule is CN(C)CC(C)(O)OC(O)(c1ccccc1)c1ccnn1C. The van der Waals surface area contributed by atoms with Crippen LogP contribution in [-0.2, 0) is 17.6 Å². The molecule has 1 heterocycles. The lowest BCUT2D eigenvalue weighted by atomic mass is 10.0. The lowest BCUT2D eigenvalue weighted by molar-refractivity contribution is -0.320. The van der Waals surface area contributed by atoms with Crippen LogP contribution in [0.1, 0.15) is 18.2 Å². The summed E-state index contributed by atoms with van der Waals surface area (Å²) in [6.45, 7) is 1.76. The Labute approximate surface area is 130 Å². The highest BCUT2D eigenvalue weighted by molar-refractivity contribution is 5.29. The normalized spacial score (nSPS) is 17.2. The monoisotopic (exact) mass is 305 g/mol. The number of hydrogen-bond donors (Lipinski definition) is 2. The van der Waals surface area contributed by atoms with E-state index in [4.69, 9.17) is 4.74 Å². The van der Waals surface area contributed by atoms with Crippen molar-refractivity contribution in [3.05, 3.63) is 53.9 Å². The number of rotatable bonds is 6. The maximum atomic E-state index is 11.2. The Hall–Kier alpha value is -1.73. The molecular weight excluding hydrogens is 282 g/mol. The molecule has 1 aromatic carbocycles. The topological polar surface area (TPSA) is 70.8 Å². The van der Waals surface area contributed by atoms with Crippen molar-refractivity contribution in [3.63, 3.8) is 0 Å². The zero-order valence-corrected chi connectivity index (χ0v) is 13.4. The van der Waals surface area contributed by atoms with E-state index in [2.05, 4.69) is 5.10 Å². The van der Waals surface area contributed by atoms with E-state index in [1.165, 1.54) is 11.6 Å². The highest BCUT2D eigenvalue weighted by Crippen LogP contribution is 2.34. The summed E-state index contributed by atoms with van der Waals surface area (Å²) in [5.41, 5.74) is 0.968. The van der Waals surface area contributed by atoms with Crippen LogP contribution in [0.3, 0.4) is 0 Å². The van der Waals surface area contributed by atoms with E-state index >= 15 is 0 Å². The summed E-state index contributed by atoms with van der Waals surface area (Å²) in [7, 11) is 5.36. The molecule has 2 N–H and O–H groups in total. The molecule has 0 aliphatic rings. The first-order valence-electron chi connectivity index (χ1n) is 7.08. The maximum absolute atomic E-state index is 11.2. The number of likely N-dealkylation sites (N-methyl/N-ethyl adjacent to an activating group) is 1. The molecule has 1 aromatic heterocycles. The van der Waals surface area contributed by atoms with Gasteiger partial charge in [0.1, 0.15) is 5.69 Å². The minimum atomic E-state index is -1.80. The lowest BCUT2D eigenvalue weighted by Crippen LogP contribution is -2.48. The number of benzene rings is 1. The smallest absolute Gasteiger partial charge is 0.239 e. The van der Waals surface area contributed by atoms with Crippen molar-refractivity contribution < 1.29 is 14.9 Å². The first kappa shape index (κ1) is 16.6. The predicted molar refractivity (Wildman–Crippen MR) is 82.9 cm³/mol. The molecule has 0 fully saturated rings. The summed E-state index contributed by atoms with van der Waals surface area (Å²) >= 11 is 0. The van der Waals surface area contributed by atoms with Crippen molar-refractivity contribution in [2.24, 2.45) is 7.05 Å². The van der Waals surface area contributed by atoms with Gasteiger partial charge in [0.15, 0.2) is 5.79 Å². The average molecular weight is 305 g/mol. The van der Waals surface area contributed by atoms with E-state index in [0.717, 1.165) is 0 Å². The van der Waals surface area contributed by atoms with Gasteiger partial charge < -0.3 is 19.8 Å². The van der Waals surface area contributed by atoms with Crippen molar-refractivity contribution >= 4 is 0 Å². The average Bonchev–Trinajstić information content (AvgIpc) is 2.84. The number of nitrogens with zero attached hydrogens (tertiary/aromatic N) is 3. The molecule has 0 aliphatic carbocycles. The number of hydrogen-bond acceptors (Lipinski definition) is 5. The third-order valence-corrected chi connectivity index (χ3v) is 3.31. The van der Waals surface area contributed by atoms with Crippen molar-refractivity contribution in [2.45, 2.75) is 18.5 Å². The molecule has 2 rings (SSSR count). The highest BCUT2D eigenvalue weighted by Gasteiger charge is 2.42. The molecule has 6 heteroatoms. The van der Waals surface area contributed by atoms with Crippen LogP contribution < -0.4 is 0 Å². The summed E-state index contributed by atoms with van der Waals surface area (Å²) in [5.74, 6) is -3.34. The standard InChI is InChI=1S/C16H23N3O3/c1-15(20,12-18(2)3)22-16(21,13-8-6-5-7-9-13)14-10-11-17-19(14)4/h5-11,20-21H,12H2,1-4H3. The number of ether oxygens (including phenoxy) is 1. The highest BCUT2D eigenvalue weighted by atomic mass is 16.7. The van der Waals surface area contributed by atoms with Gasteiger partial charge in [-0.1, -0.05) is 30.3 Å². The largest absolute Gasteiger partial charge is 0.364 e. The molecule has 0 amide bonds. The van der Waals surface area contributed by atoms with Gasteiger partial charge in [-0.15, -0.1) is 0 Å². The number of aromatic nitrogens is 2. The Morgan fingerprint density at radius 1 is 1.18 bits per heavy atom. The van der Waals surface area contributed by atoms with Crippen molar-refractivity contribution in [1.29, 1.82) is 0 Å². The van der Waals surface area contributed by atoms with Crippen molar-refractivity contribution in [3.8, 4) is 0 Å². The van der Waals surface area contributed by atoms with Crippen molar-refractivity contribution in [2.75, 3.05) is 20.6 Å². The summed E-state index contributed by atoms with van der Waals surface area (Å²) in [5, 5.41) is 25.8. The van der Waals surface area contributed by atoms with E-state index in [1.54, 1.807) is 48.5 Å². The third-order valence-electron chi connectivity index (χ3n) is 3.31. The molecule has 2 aromatic rings. The Bertz CT molecular complexity index is 610. The van der Waals surface area contributed by atoms with Crippen LogP contribution in [0.2, 0.25) is 0 Å². The first-order valence-corrected chi connectivity index (χ1v) is 7.08. The summed E-state index contributed by atoms with van der Waals surface area (Å²) in [6.07, 6.45) is 1.58. The molecule has 120 valence electrons. The van der Waals surface area contributed by atoms with Gasteiger partial charge in [0.25, 0.3) is 0 Å². The maximum Gasteiger partial charge on any atom is 0.239 e. The fraction of sp³-hybridized carbons (Fsp3) is 0.438. The van der Waals surface area contributed by atoms with Crippen LogP contribution >= 0.6 is 0 Å². The van der Waals surface area contributed by atoms with Gasteiger partial charge in [-0.05, 0) is 27.1 Å². The van der Waals surface area contributed by atoms with Gasteiger partial charge in [-0.2, -0.15) is 5.10 Å². The molecule has 0 saturated carbocycles. The second-order valence-electron chi connectivity index (χ2n) is 5.86. The molecule has 0 aliphatic heterocycles. The summed E-state index contributed by atoms with van der Waals surface area (Å²) in [4.78, 5) is 1.79. The Balaban J connectivity index is 2.46. The van der Waals surface area contributed by atoms with E-state index < -0.39 is 11.6 Å². The van der Waals surface area contributed by atoms with Gasteiger partial charge >= 0.3 is 0 Å². The summed E-state index contributed by atoms with van der Waals surface area (Å²) in [6, 6.07) is 10.6. The molecule has 2 unspecified atom stereocenters. The molecule has 0 saturated heterocycles.